The molecule has 0 unspecified atom stereocenters. The van der Waals surface area contributed by atoms with E-state index in [9.17, 15) is 21.6 Å². The lowest BCUT2D eigenvalue weighted by molar-refractivity contribution is -0.137. The van der Waals surface area contributed by atoms with Gasteiger partial charge in [0.05, 0.1) is 16.3 Å². The van der Waals surface area contributed by atoms with E-state index >= 15 is 0 Å². The number of benzene rings is 2. The van der Waals surface area contributed by atoms with Gasteiger partial charge in [-0.25, -0.2) is 13.6 Å². The van der Waals surface area contributed by atoms with E-state index in [2.05, 4.69) is 0 Å². The van der Waals surface area contributed by atoms with E-state index in [1.54, 1.807) is 18.2 Å². The molecule has 0 heterocycles. The van der Waals surface area contributed by atoms with Gasteiger partial charge in [-0.15, -0.1) is 0 Å². The summed E-state index contributed by atoms with van der Waals surface area (Å²) in [6.45, 7) is 0. The van der Waals surface area contributed by atoms with E-state index in [0.29, 0.717) is 11.1 Å². The molecule has 2 N–H and O–H groups in total. The van der Waals surface area contributed by atoms with E-state index in [0.717, 1.165) is 48.5 Å². The molecule has 0 aliphatic heterocycles. The number of alkyl halides is 3. The fraction of sp³-hybridized carbons (Fsp3) is 0.333. The van der Waals surface area contributed by atoms with Crippen LogP contribution < -0.4 is 5.14 Å². The third-order valence-electron chi connectivity index (χ3n) is 5.72. The van der Waals surface area contributed by atoms with Gasteiger partial charge in [-0.2, -0.15) is 13.2 Å². The van der Waals surface area contributed by atoms with Gasteiger partial charge in [-0.1, -0.05) is 41.9 Å². The topological polar surface area (TPSA) is 60.2 Å². The lowest BCUT2D eigenvalue weighted by atomic mass is 9.95. The summed E-state index contributed by atoms with van der Waals surface area (Å²) in [5.74, 6) is -0.255. The van der Waals surface area contributed by atoms with Gasteiger partial charge in [0, 0.05) is 0 Å². The maximum absolute atomic E-state index is 13.3. The van der Waals surface area contributed by atoms with Crippen LogP contribution in [0.1, 0.15) is 47.9 Å². The Hall–Kier alpha value is -1.83. The van der Waals surface area contributed by atoms with Crippen LogP contribution in [-0.2, 0) is 22.0 Å². The van der Waals surface area contributed by atoms with Crippen molar-refractivity contribution in [3.05, 3.63) is 69.7 Å². The molecule has 8 heteroatoms. The van der Waals surface area contributed by atoms with Crippen LogP contribution in [0.2, 0.25) is 5.02 Å². The Morgan fingerprint density at radius 1 is 0.966 bits per heavy atom. The van der Waals surface area contributed by atoms with Gasteiger partial charge in [-0.3, -0.25) is 0 Å². The minimum absolute atomic E-state index is 0.141. The van der Waals surface area contributed by atoms with Gasteiger partial charge in [0.2, 0.25) is 10.0 Å². The number of hydrogen-bond donors (Lipinski definition) is 1. The number of nitrogens with two attached hydrogens (primary N) is 1. The number of primary sulfonamides is 1. The molecule has 4 rings (SSSR count). The molecule has 0 amide bonds. The van der Waals surface area contributed by atoms with Crippen LogP contribution in [-0.4, -0.2) is 8.42 Å². The molecule has 29 heavy (non-hydrogen) atoms. The Morgan fingerprint density at radius 2 is 1.52 bits per heavy atom. The monoisotopic (exact) mass is 441 g/mol. The summed E-state index contributed by atoms with van der Waals surface area (Å²) in [5, 5.41) is 4.78. The van der Waals surface area contributed by atoms with Crippen molar-refractivity contribution in [1.82, 2.24) is 0 Å². The molecule has 2 aromatic rings. The Bertz CT molecular complexity index is 1100. The highest BCUT2D eigenvalue weighted by Gasteiger charge is 2.48. The van der Waals surface area contributed by atoms with Crippen molar-refractivity contribution in [3.8, 4) is 0 Å². The van der Waals surface area contributed by atoms with E-state index in [-0.39, 0.29) is 16.2 Å². The highest BCUT2D eigenvalue weighted by atomic mass is 35.5. The molecule has 1 fully saturated rings. The van der Waals surface area contributed by atoms with Crippen molar-refractivity contribution >= 4 is 32.8 Å². The molecular formula is C21H19ClF3NO2S. The average molecular weight is 442 g/mol. The smallest absolute Gasteiger partial charge is 0.228 e. The van der Waals surface area contributed by atoms with Gasteiger partial charge < -0.3 is 0 Å². The first-order valence-corrected chi connectivity index (χ1v) is 11.2. The summed E-state index contributed by atoms with van der Waals surface area (Å²) in [6, 6.07) is 11.1. The summed E-state index contributed by atoms with van der Waals surface area (Å²) in [5.41, 5.74) is 3.23. The fourth-order valence-corrected chi connectivity index (χ4v) is 4.96. The number of halogens is 4. The molecule has 0 bridgehead atoms. The Balaban J connectivity index is 1.75. The second-order valence-corrected chi connectivity index (χ2v) is 10.0. The lowest BCUT2D eigenvalue weighted by Gasteiger charge is -2.13. The summed E-state index contributed by atoms with van der Waals surface area (Å²) in [7, 11) is -3.63. The zero-order valence-electron chi connectivity index (χ0n) is 15.4. The molecule has 1 spiro atoms. The third kappa shape index (κ3) is 4.37. The number of sulfonamides is 1. The minimum atomic E-state index is -4.51. The molecule has 0 radical (unpaired) electrons. The average Bonchev–Trinajstić information content (AvgIpc) is 3.25. The quantitative estimate of drug-likeness (QED) is 0.668. The number of allylic oxidation sites excluding steroid dienone is 2. The van der Waals surface area contributed by atoms with Crippen LogP contribution >= 0.6 is 11.6 Å². The van der Waals surface area contributed by atoms with Crippen molar-refractivity contribution in [2.75, 3.05) is 0 Å². The zero-order chi connectivity index (χ0) is 21.0. The van der Waals surface area contributed by atoms with Crippen molar-refractivity contribution < 1.29 is 21.6 Å². The number of rotatable bonds is 4. The molecule has 3 nitrogen and oxygen atoms in total. The van der Waals surface area contributed by atoms with Gasteiger partial charge in [0.25, 0.3) is 0 Å². The lowest BCUT2D eigenvalue weighted by Crippen LogP contribution is -2.14. The van der Waals surface area contributed by atoms with Gasteiger partial charge in [0.1, 0.15) is 0 Å². The van der Waals surface area contributed by atoms with Crippen LogP contribution in [0, 0.1) is 5.41 Å². The predicted molar refractivity (Wildman–Crippen MR) is 107 cm³/mol. The SMILES string of the molecule is NS(=O)(=O)Cc1ccc(C2=C(c3ccc(Cl)c(C(F)(F)F)c3)CC3(CC3)C2)cc1. The van der Waals surface area contributed by atoms with Crippen molar-refractivity contribution in [2.45, 2.75) is 37.6 Å². The minimum Gasteiger partial charge on any atom is -0.228 e. The molecule has 2 aliphatic rings. The Labute approximate surface area is 172 Å². The maximum atomic E-state index is 13.3. The van der Waals surface area contributed by atoms with E-state index < -0.39 is 21.8 Å². The largest absolute Gasteiger partial charge is 0.417 e. The Morgan fingerprint density at radius 3 is 2.03 bits per heavy atom. The predicted octanol–water partition coefficient (Wildman–Crippen LogP) is 5.63. The van der Waals surface area contributed by atoms with Crippen molar-refractivity contribution in [2.24, 2.45) is 10.6 Å². The fourth-order valence-electron chi connectivity index (χ4n) is 4.07. The first kappa shape index (κ1) is 20.4. The third-order valence-corrected chi connectivity index (χ3v) is 6.78. The van der Waals surface area contributed by atoms with Gasteiger partial charge >= 0.3 is 6.18 Å². The second-order valence-electron chi connectivity index (χ2n) is 8.01. The molecule has 1 saturated carbocycles. The Kier molecular flexibility index (Phi) is 4.83. The molecule has 154 valence electrons. The standard InChI is InChI=1S/C21H19ClF3NO2S/c22-19-6-5-15(9-18(19)21(23,24)25)17-11-20(7-8-20)10-16(17)14-3-1-13(2-4-14)12-29(26,27)28/h1-6,9H,7-8,10-12H2,(H2,26,27,28). The van der Waals surface area contributed by atoms with Crippen LogP contribution in [0.3, 0.4) is 0 Å². The normalized spacial score (nSPS) is 18.5. The van der Waals surface area contributed by atoms with Crippen LogP contribution in [0.15, 0.2) is 42.5 Å². The van der Waals surface area contributed by atoms with Crippen molar-refractivity contribution in [1.29, 1.82) is 0 Å². The van der Waals surface area contributed by atoms with Gasteiger partial charge in [0.15, 0.2) is 0 Å². The molecule has 0 atom stereocenters. The van der Waals surface area contributed by atoms with E-state index in [4.69, 9.17) is 16.7 Å². The van der Waals surface area contributed by atoms with Gasteiger partial charge in [-0.05, 0) is 71.1 Å². The van der Waals surface area contributed by atoms with Crippen LogP contribution in [0.4, 0.5) is 13.2 Å². The second kappa shape index (κ2) is 6.86. The molecule has 2 aromatic carbocycles. The molecular weight excluding hydrogens is 423 g/mol. The first-order valence-electron chi connectivity index (χ1n) is 9.15. The molecule has 2 aliphatic carbocycles. The maximum Gasteiger partial charge on any atom is 0.417 e. The summed E-state index contributed by atoms with van der Waals surface area (Å²) < 4.78 is 62.5. The summed E-state index contributed by atoms with van der Waals surface area (Å²) in [6.07, 6.45) is -0.855. The van der Waals surface area contributed by atoms with Crippen LogP contribution in [0.25, 0.3) is 11.1 Å². The molecule has 0 saturated heterocycles. The number of hydrogen-bond acceptors (Lipinski definition) is 2. The first-order chi connectivity index (χ1) is 13.5. The van der Waals surface area contributed by atoms with Crippen LogP contribution in [0.5, 0.6) is 0 Å². The summed E-state index contributed by atoms with van der Waals surface area (Å²) >= 11 is 5.78. The van der Waals surface area contributed by atoms with Crippen molar-refractivity contribution in [3.63, 3.8) is 0 Å². The summed E-state index contributed by atoms with van der Waals surface area (Å²) in [4.78, 5) is 0. The highest BCUT2D eigenvalue weighted by molar-refractivity contribution is 7.88. The molecule has 0 aromatic heterocycles. The van der Waals surface area contributed by atoms with E-state index in [1.165, 1.54) is 6.07 Å². The zero-order valence-corrected chi connectivity index (χ0v) is 17.0. The highest BCUT2D eigenvalue weighted by Crippen LogP contribution is 2.63. The van der Waals surface area contributed by atoms with E-state index in [1.807, 2.05) is 12.1 Å².